The first kappa shape index (κ1) is 22.6. The van der Waals surface area contributed by atoms with E-state index < -0.39 is 6.04 Å². The topological polar surface area (TPSA) is 86.9 Å². The summed E-state index contributed by atoms with van der Waals surface area (Å²) in [6.45, 7) is 1.93. The number of aromatic amines is 1. The number of hydrogen-bond donors (Lipinski definition) is 3. The van der Waals surface area contributed by atoms with E-state index in [0.29, 0.717) is 17.7 Å². The van der Waals surface area contributed by atoms with Crippen LogP contribution in [0.5, 0.6) is 0 Å². The lowest BCUT2D eigenvalue weighted by Gasteiger charge is -2.18. The van der Waals surface area contributed by atoms with Gasteiger partial charge in [-0.3, -0.25) is 9.59 Å². The van der Waals surface area contributed by atoms with Crippen molar-refractivity contribution in [3.8, 4) is 11.4 Å². The van der Waals surface area contributed by atoms with Gasteiger partial charge < -0.3 is 15.6 Å². The molecule has 7 heteroatoms. The lowest BCUT2D eigenvalue weighted by molar-refractivity contribution is -0.118. The standard InChI is InChI=1S/C26H26N4O2S/c1-17-6-5-7-19(16-17)25(31)30-23(14-15-33-2)26(32)27-20-12-10-18(11-13-20)24-28-21-8-3-4-9-22(21)29-24/h3-13,16,23H,14-15H2,1-2H3,(H,27,32)(H,28,29)(H,30,31). The monoisotopic (exact) mass is 458 g/mol. The molecule has 0 spiro atoms. The number of nitrogens with one attached hydrogen (secondary N) is 3. The van der Waals surface area contributed by atoms with Crippen LogP contribution in [0.25, 0.3) is 22.4 Å². The molecule has 0 aliphatic heterocycles. The zero-order valence-electron chi connectivity index (χ0n) is 18.6. The number of fused-ring (bicyclic) bond motifs is 1. The van der Waals surface area contributed by atoms with Crippen molar-refractivity contribution in [2.75, 3.05) is 17.3 Å². The maximum Gasteiger partial charge on any atom is 0.251 e. The zero-order chi connectivity index (χ0) is 23.2. The number of para-hydroxylation sites is 2. The number of carbonyl (C=O) groups is 2. The summed E-state index contributed by atoms with van der Waals surface area (Å²) >= 11 is 1.64. The third kappa shape index (κ3) is 5.62. The summed E-state index contributed by atoms with van der Waals surface area (Å²) < 4.78 is 0. The molecule has 1 atom stereocenters. The van der Waals surface area contributed by atoms with Crippen molar-refractivity contribution in [1.82, 2.24) is 15.3 Å². The van der Waals surface area contributed by atoms with Crippen molar-refractivity contribution in [3.05, 3.63) is 83.9 Å². The highest BCUT2D eigenvalue weighted by atomic mass is 32.2. The second-order valence-electron chi connectivity index (χ2n) is 7.85. The number of carbonyl (C=O) groups excluding carboxylic acids is 2. The van der Waals surface area contributed by atoms with Gasteiger partial charge in [0.05, 0.1) is 11.0 Å². The summed E-state index contributed by atoms with van der Waals surface area (Å²) in [5.74, 6) is 1.05. The molecule has 3 aromatic carbocycles. The van der Waals surface area contributed by atoms with E-state index in [1.165, 1.54) is 0 Å². The highest BCUT2D eigenvalue weighted by molar-refractivity contribution is 7.98. The van der Waals surface area contributed by atoms with Crippen LogP contribution in [0.1, 0.15) is 22.3 Å². The molecular weight excluding hydrogens is 432 g/mol. The van der Waals surface area contributed by atoms with E-state index in [9.17, 15) is 9.59 Å². The second kappa shape index (κ2) is 10.4. The van der Waals surface area contributed by atoms with Crippen molar-refractivity contribution in [3.63, 3.8) is 0 Å². The molecule has 6 nitrogen and oxygen atoms in total. The predicted octanol–water partition coefficient (Wildman–Crippen LogP) is 5.03. The van der Waals surface area contributed by atoms with Gasteiger partial charge in [-0.2, -0.15) is 11.8 Å². The fourth-order valence-corrected chi connectivity index (χ4v) is 4.03. The lowest BCUT2D eigenvalue weighted by atomic mass is 10.1. The number of thioether (sulfide) groups is 1. The molecule has 33 heavy (non-hydrogen) atoms. The molecule has 0 saturated carbocycles. The largest absolute Gasteiger partial charge is 0.340 e. The number of anilines is 1. The smallest absolute Gasteiger partial charge is 0.251 e. The minimum Gasteiger partial charge on any atom is -0.340 e. The molecule has 1 unspecified atom stereocenters. The SMILES string of the molecule is CSCCC(NC(=O)c1cccc(C)c1)C(=O)Nc1ccc(-c2nc3ccccc3[nH]2)cc1. The molecule has 3 N–H and O–H groups in total. The number of aromatic nitrogens is 2. The molecule has 0 radical (unpaired) electrons. The molecule has 2 amide bonds. The van der Waals surface area contributed by atoms with Crippen LogP contribution < -0.4 is 10.6 Å². The number of hydrogen-bond acceptors (Lipinski definition) is 4. The average Bonchev–Trinajstić information content (AvgIpc) is 3.26. The fourth-order valence-electron chi connectivity index (χ4n) is 3.56. The van der Waals surface area contributed by atoms with Gasteiger partial charge in [0, 0.05) is 16.8 Å². The van der Waals surface area contributed by atoms with Gasteiger partial charge in [-0.05, 0) is 73.9 Å². The molecule has 0 fully saturated rings. The summed E-state index contributed by atoms with van der Waals surface area (Å²) in [4.78, 5) is 33.6. The van der Waals surface area contributed by atoms with Crippen LogP contribution in [0, 0.1) is 6.92 Å². The Morgan fingerprint density at radius 3 is 2.55 bits per heavy atom. The average molecular weight is 459 g/mol. The van der Waals surface area contributed by atoms with Gasteiger partial charge in [0.25, 0.3) is 5.91 Å². The number of nitrogens with zero attached hydrogens (tertiary/aromatic N) is 1. The summed E-state index contributed by atoms with van der Waals surface area (Å²) in [5.41, 5.74) is 5.02. The van der Waals surface area contributed by atoms with Crippen LogP contribution in [-0.2, 0) is 4.79 Å². The summed E-state index contributed by atoms with van der Waals surface area (Å²) in [6.07, 6.45) is 2.52. The van der Waals surface area contributed by atoms with E-state index in [1.54, 1.807) is 17.8 Å². The van der Waals surface area contributed by atoms with Gasteiger partial charge in [-0.1, -0.05) is 29.8 Å². The van der Waals surface area contributed by atoms with Crippen molar-refractivity contribution in [1.29, 1.82) is 0 Å². The maximum atomic E-state index is 13.0. The summed E-state index contributed by atoms with van der Waals surface area (Å²) in [6, 6.07) is 22.1. The predicted molar refractivity (Wildman–Crippen MR) is 136 cm³/mol. The Balaban J connectivity index is 1.45. The Kier molecular flexibility index (Phi) is 7.10. The van der Waals surface area contributed by atoms with Crippen molar-refractivity contribution in [2.45, 2.75) is 19.4 Å². The molecule has 4 rings (SSSR count). The van der Waals surface area contributed by atoms with E-state index in [2.05, 4.69) is 20.6 Å². The van der Waals surface area contributed by atoms with E-state index in [1.807, 2.05) is 79.9 Å². The molecule has 0 aliphatic carbocycles. The Hall–Kier alpha value is -3.58. The molecule has 1 aromatic heterocycles. The van der Waals surface area contributed by atoms with E-state index in [0.717, 1.165) is 33.7 Å². The maximum absolute atomic E-state index is 13.0. The highest BCUT2D eigenvalue weighted by Crippen LogP contribution is 2.22. The first-order valence-corrected chi connectivity index (χ1v) is 12.2. The third-order valence-corrected chi connectivity index (χ3v) is 5.97. The number of benzene rings is 3. The highest BCUT2D eigenvalue weighted by Gasteiger charge is 2.21. The van der Waals surface area contributed by atoms with Gasteiger partial charge in [0.1, 0.15) is 11.9 Å². The van der Waals surface area contributed by atoms with Gasteiger partial charge in [-0.15, -0.1) is 0 Å². The van der Waals surface area contributed by atoms with Gasteiger partial charge >= 0.3 is 0 Å². The molecule has 1 heterocycles. The molecule has 0 aliphatic rings. The van der Waals surface area contributed by atoms with Gasteiger partial charge in [-0.25, -0.2) is 4.98 Å². The zero-order valence-corrected chi connectivity index (χ0v) is 19.4. The van der Waals surface area contributed by atoms with Crippen LogP contribution in [0.3, 0.4) is 0 Å². The van der Waals surface area contributed by atoms with Gasteiger partial charge in [0.15, 0.2) is 0 Å². The first-order valence-electron chi connectivity index (χ1n) is 10.8. The van der Waals surface area contributed by atoms with E-state index in [-0.39, 0.29) is 11.8 Å². The Morgan fingerprint density at radius 1 is 1.03 bits per heavy atom. The van der Waals surface area contributed by atoms with Crippen molar-refractivity contribution in [2.24, 2.45) is 0 Å². The van der Waals surface area contributed by atoms with Crippen LogP contribution in [0.2, 0.25) is 0 Å². The van der Waals surface area contributed by atoms with Crippen LogP contribution in [0.4, 0.5) is 5.69 Å². The molecule has 0 saturated heterocycles. The molecule has 0 bridgehead atoms. The van der Waals surface area contributed by atoms with Crippen LogP contribution in [-0.4, -0.2) is 39.8 Å². The number of rotatable bonds is 8. The number of amides is 2. The van der Waals surface area contributed by atoms with Gasteiger partial charge in [0.2, 0.25) is 5.91 Å². The quantitative estimate of drug-likeness (QED) is 0.346. The summed E-state index contributed by atoms with van der Waals surface area (Å²) in [5, 5.41) is 5.82. The molecular formula is C26H26N4O2S. The minimum atomic E-state index is -0.625. The Morgan fingerprint density at radius 2 is 1.82 bits per heavy atom. The number of imidazole rings is 1. The lowest BCUT2D eigenvalue weighted by Crippen LogP contribution is -2.44. The molecule has 168 valence electrons. The normalized spacial score (nSPS) is 11.8. The molecule has 4 aromatic rings. The Bertz CT molecular complexity index is 1230. The summed E-state index contributed by atoms with van der Waals surface area (Å²) in [7, 11) is 0. The van der Waals surface area contributed by atoms with Crippen molar-refractivity contribution < 1.29 is 9.59 Å². The number of aryl methyl sites for hydroxylation is 1. The van der Waals surface area contributed by atoms with Crippen LogP contribution in [0.15, 0.2) is 72.8 Å². The van der Waals surface area contributed by atoms with Crippen molar-refractivity contribution >= 4 is 40.3 Å². The second-order valence-corrected chi connectivity index (χ2v) is 8.83. The Labute approximate surface area is 197 Å². The van der Waals surface area contributed by atoms with E-state index in [4.69, 9.17) is 0 Å². The first-order chi connectivity index (χ1) is 16.0. The number of H-pyrrole nitrogens is 1. The minimum absolute atomic E-state index is 0.235. The van der Waals surface area contributed by atoms with Crippen LogP contribution >= 0.6 is 11.8 Å². The third-order valence-electron chi connectivity index (χ3n) is 5.33. The van der Waals surface area contributed by atoms with E-state index >= 15 is 0 Å². The fraction of sp³-hybridized carbons (Fsp3) is 0.192.